The van der Waals surface area contributed by atoms with Crippen LogP contribution in [-0.4, -0.2) is 34.7 Å². The third-order valence-corrected chi connectivity index (χ3v) is 5.29. The number of rotatable bonds is 6. The lowest BCUT2D eigenvalue weighted by molar-refractivity contribution is -0.139. The highest BCUT2D eigenvalue weighted by Crippen LogP contribution is 2.24. The maximum Gasteiger partial charge on any atom is 0.328 e. The van der Waals surface area contributed by atoms with Crippen molar-refractivity contribution in [2.75, 3.05) is 7.11 Å². The number of aliphatic carboxylic acids is 1. The van der Waals surface area contributed by atoms with Crippen LogP contribution in [0.4, 0.5) is 0 Å². The van der Waals surface area contributed by atoms with E-state index in [-0.39, 0.29) is 11.8 Å². The SMILES string of the molecule is COc1ccc(-c2csc(=NC(C(=O)O)C(C)C)n2C(=O)c2ccccc2)cc1. The molecule has 0 bridgehead atoms. The summed E-state index contributed by atoms with van der Waals surface area (Å²) in [5, 5.41) is 11.4. The van der Waals surface area contributed by atoms with E-state index in [9.17, 15) is 14.7 Å². The molecule has 0 saturated carbocycles. The number of hydrogen-bond acceptors (Lipinski definition) is 5. The Kier molecular flexibility index (Phi) is 6.29. The Bertz CT molecular complexity index is 1070. The molecule has 7 heteroatoms. The molecule has 3 aromatic rings. The van der Waals surface area contributed by atoms with E-state index in [2.05, 4.69) is 4.99 Å². The first kappa shape index (κ1) is 20.5. The van der Waals surface area contributed by atoms with Crippen LogP contribution in [-0.2, 0) is 4.79 Å². The molecule has 0 aliphatic carbocycles. The second-order valence-electron chi connectivity index (χ2n) is 6.79. The van der Waals surface area contributed by atoms with Gasteiger partial charge in [0.05, 0.1) is 12.8 Å². The summed E-state index contributed by atoms with van der Waals surface area (Å²) in [5.74, 6) is -0.776. The highest BCUT2D eigenvalue weighted by molar-refractivity contribution is 7.07. The van der Waals surface area contributed by atoms with Crippen molar-refractivity contribution < 1.29 is 19.4 Å². The van der Waals surface area contributed by atoms with E-state index >= 15 is 0 Å². The van der Waals surface area contributed by atoms with Crippen LogP contribution in [0.1, 0.15) is 24.2 Å². The van der Waals surface area contributed by atoms with Gasteiger partial charge in [-0.15, -0.1) is 11.3 Å². The maximum absolute atomic E-state index is 13.3. The van der Waals surface area contributed by atoms with Gasteiger partial charge in [-0.2, -0.15) is 0 Å². The van der Waals surface area contributed by atoms with Crippen LogP contribution in [0, 0.1) is 5.92 Å². The zero-order valence-corrected chi connectivity index (χ0v) is 17.2. The summed E-state index contributed by atoms with van der Waals surface area (Å²) in [7, 11) is 1.59. The van der Waals surface area contributed by atoms with E-state index in [1.165, 1.54) is 15.9 Å². The van der Waals surface area contributed by atoms with Crippen LogP contribution in [0.25, 0.3) is 11.3 Å². The number of hydrogen-bond donors (Lipinski definition) is 1. The minimum absolute atomic E-state index is 0.209. The Hall–Kier alpha value is -3.19. The first-order chi connectivity index (χ1) is 13.9. The topological polar surface area (TPSA) is 80.9 Å². The lowest BCUT2D eigenvalue weighted by Crippen LogP contribution is -2.31. The number of ether oxygens (including phenoxy) is 1. The Balaban J connectivity index is 2.20. The predicted octanol–water partition coefficient (Wildman–Crippen LogP) is 3.92. The standard InChI is InChI=1S/C22H22N2O4S/c1-14(2)19(21(26)27)23-22-24(20(25)16-7-5-4-6-8-16)18(13-29-22)15-9-11-17(28-3)12-10-15/h4-14,19H,1-3H3,(H,26,27). The monoisotopic (exact) mass is 410 g/mol. The van der Waals surface area contributed by atoms with Crippen molar-refractivity contribution in [3.05, 3.63) is 70.3 Å². The summed E-state index contributed by atoms with van der Waals surface area (Å²) in [6.45, 7) is 3.59. The molecule has 1 unspecified atom stereocenters. The van der Waals surface area contributed by atoms with E-state index < -0.39 is 12.0 Å². The minimum Gasteiger partial charge on any atom is -0.497 e. The van der Waals surface area contributed by atoms with Crippen molar-refractivity contribution in [3.8, 4) is 17.0 Å². The van der Waals surface area contributed by atoms with Crippen molar-refractivity contribution in [2.45, 2.75) is 19.9 Å². The number of nitrogens with zero attached hydrogens (tertiary/aromatic N) is 2. The highest BCUT2D eigenvalue weighted by Gasteiger charge is 2.23. The Morgan fingerprint density at radius 1 is 1.07 bits per heavy atom. The lowest BCUT2D eigenvalue weighted by atomic mass is 10.1. The molecule has 1 atom stereocenters. The van der Waals surface area contributed by atoms with Crippen LogP contribution in [0.5, 0.6) is 5.75 Å². The molecule has 29 heavy (non-hydrogen) atoms. The van der Waals surface area contributed by atoms with Crippen molar-refractivity contribution in [3.63, 3.8) is 0 Å². The molecule has 0 amide bonds. The predicted molar refractivity (Wildman–Crippen MR) is 112 cm³/mol. The maximum atomic E-state index is 13.3. The first-order valence-electron chi connectivity index (χ1n) is 9.13. The van der Waals surface area contributed by atoms with E-state index in [1.54, 1.807) is 45.2 Å². The summed E-state index contributed by atoms with van der Waals surface area (Å²) >= 11 is 1.25. The van der Waals surface area contributed by atoms with Gasteiger partial charge in [0.1, 0.15) is 5.75 Å². The van der Waals surface area contributed by atoms with E-state index in [4.69, 9.17) is 4.74 Å². The number of aromatic nitrogens is 1. The molecule has 2 aromatic carbocycles. The summed E-state index contributed by atoms with van der Waals surface area (Å²) in [5.41, 5.74) is 1.96. The van der Waals surface area contributed by atoms with Crippen LogP contribution in [0.15, 0.2) is 65.0 Å². The average Bonchev–Trinajstić information content (AvgIpc) is 3.15. The van der Waals surface area contributed by atoms with Crippen molar-refractivity contribution in [1.82, 2.24) is 4.57 Å². The molecule has 1 N–H and O–H groups in total. The van der Waals surface area contributed by atoms with Gasteiger partial charge in [-0.3, -0.25) is 9.36 Å². The smallest absolute Gasteiger partial charge is 0.328 e. The van der Waals surface area contributed by atoms with Crippen molar-refractivity contribution >= 4 is 23.2 Å². The van der Waals surface area contributed by atoms with Gasteiger partial charge in [-0.1, -0.05) is 32.0 Å². The Labute approximate surface area is 172 Å². The van der Waals surface area contributed by atoms with E-state index in [1.807, 2.05) is 35.7 Å². The summed E-state index contributed by atoms with van der Waals surface area (Å²) in [6, 6.07) is 15.3. The van der Waals surface area contributed by atoms with Gasteiger partial charge in [-0.05, 0) is 47.9 Å². The summed E-state index contributed by atoms with van der Waals surface area (Å²) < 4.78 is 6.69. The minimum atomic E-state index is -1.02. The number of benzene rings is 2. The number of thiazole rings is 1. The molecule has 1 heterocycles. The fraction of sp³-hybridized carbons (Fsp3) is 0.227. The lowest BCUT2D eigenvalue weighted by Gasteiger charge is -2.12. The Morgan fingerprint density at radius 3 is 2.28 bits per heavy atom. The van der Waals surface area contributed by atoms with Gasteiger partial charge < -0.3 is 9.84 Å². The fourth-order valence-electron chi connectivity index (χ4n) is 2.88. The van der Waals surface area contributed by atoms with Gasteiger partial charge in [0.2, 0.25) is 0 Å². The quantitative estimate of drug-likeness (QED) is 0.668. The number of carboxylic acids is 1. The molecule has 0 aliphatic rings. The zero-order valence-electron chi connectivity index (χ0n) is 16.4. The molecule has 1 aromatic heterocycles. The fourth-order valence-corrected chi connectivity index (χ4v) is 3.80. The molecule has 150 valence electrons. The summed E-state index contributed by atoms with van der Waals surface area (Å²) in [6.07, 6.45) is 0. The third-order valence-electron chi connectivity index (χ3n) is 4.45. The van der Waals surface area contributed by atoms with Crippen molar-refractivity contribution in [2.24, 2.45) is 10.9 Å². The molecule has 0 saturated heterocycles. The molecule has 0 aliphatic heterocycles. The van der Waals surface area contributed by atoms with Gasteiger partial charge in [-0.25, -0.2) is 9.79 Å². The molecule has 6 nitrogen and oxygen atoms in total. The van der Waals surface area contributed by atoms with Gasteiger partial charge in [0, 0.05) is 10.9 Å². The molecule has 0 radical (unpaired) electrons. The highest BCUT2D eigenvalue weighted by atomic mass is 32.1. The van der Waals surface area contributed by atoms with Gasteiger partial charge in [0.25, 0.3) is 5.91 Å². The average molecular weight is 410 g/mol. The number of carboxylic acid groups (broad SMARTS) is 1. The number of carbonyl (C=O) groups excluding carboxylic acids is 1. The van der Waals surface area contributed by atoms with E-state index in [0.717, 1.165) is 5.56 Å². The third kappa shape index (κ3) is 4.46. The largest absolute Gasteiger partial charge is 0.497 e. The molecule has 0 spiro atoms. The van der Waals surface area contributed by atoms with Crippen LogP contribution in [0.2, 0.25) is 0 Å². The Morgan fingerprint density at radius 2 is 1.72 bits per heavy atom. The van der Waals surface area contributed by atoms with Gasteiger partial charge in [0.15, 0.2) is 10.8 Å². The second-order valence-corrected chi connectivity index (χ2v) is 7.63. The van der Waals surface area contributed by atoms with Crippen molar-refractivity contribution in [1.29, 1.82) is 0 Å². The van der Waals surface area contributed by atoms with Crippen LogP contribution < -0.4 is 9.54 Å². The number of methoxy groups -OCH3 is 1. The molecule has 0 fully saturated rings. The van der Waals surface area contributed by atoms with Crippen LogP contribution in [0.3, 0.4) is 0 Å². The van der Waals surface area contributed by atoms with Gasteiger partial charge >= 0.3 is 5.97 Å². The molecular formula is C22H22N2O4S. The molecular weight excluding hydrogens is 388 g/mol. The van der Waals surface area contributed by atoms with E-state index in [0.29, 0.717) is 21.8 Å². The summed E-state index contributed by atoms with van der Waals surface area (Å²) in [4.78, 5) is 29.7. The first-order valence-corrected chi connectivity index (χ1v) is 10.0. The van der Waals surface area contributed by atoms with Crippen LogP contribution >= 0.6 is 11.3 Å². The number of carbonyl (C=O) groups is 2. The second kappa shape index (κ2) is 8.87. The zero-order chi connectivity index (χ0) is 21.0. The molecule has 3 rings (SSSR count). The normalized spacial score (nSPS) is 12.8.